The third-order valence-corrected chi connectivity index (χ3v) is 8.69. The minimum Gasteiger partial charge on any atom is -0.378 e. The lowest BCUT2D eigenvalue weighted by molar-refractivity contribution is 0.102. The Hall–Kier alpha value is -2.73. The standard InChI is InChI=1S/C29H33Cl3N6O3S/c1-3-4-21(33)7-8-37(2)16-18-17-42-27(25(18)32)29(40)36-26-22(28(39)35-24-6-5-19(30)15-34-24)13-20(31)14-23(26)38-9-11-41-12-10-38/h5-6,13-15,17,33H,3-4,7-12,16H2,1-2H3,(H,36,40)(H,34,35,39). The highest BCUT2D eigenvalue weighted by molar-refractivity contribution is 7.13. The fourth-order valence-corrected chi connectivity index (χ4v) is 6.09. The van der Waals surface area contributed by atoms with Crippen molar-refractivity contribution < 1.29 is 14.3 Å². The number of amides is 2. The van der Waals surface area contributed by atoms with Crippen LogP contribution in [0.5, 0.6) is 0 Å². The fourth-order valence-electron chi connectivity index (χ4n) is 4.52. The molecule has 1 aromatic carbocycles. The molecule has 1 fully saturated rings. The van der Waals surface area contributed by atoms with E-state index < -0.39 is 11.8 Å². The van der Waals surface area contributed by atoms with E-state index in [4.69, 9.17) is 44.9 Å². The molecule has 1 saturated heterocycles. The van der Waals surface area contributed by atoms with Crippen molar-refractivity contribution in [2.45, 2.75) is 32.7 Å². The number of morpholine rings is 1. The number of hydrogen-bond donors (Lipinski definition) is 3. The average molecular weight is 652 g/mol. The molecule has 42 heavy (non-hydrogen) atoms. The number of halogens is 3. The molecule has 224 valence electrons. The molecule has 0 atom stereocenters. The summed E-state index contributed by atoms with van der Waals surface area (Å²) in [5.74, 6) is -0.626. The third-order valence-electron chi connectivity index (χ3n) is 6.68. The van der Waals surface area contributed by atoms with Crippen molar-refractivity contribution in [1.29, 1.82) is 5.41 Å². The highest BCUT2D eigenvalue weighted by Gasteiger charge is 2.26. The van der Waals surface area contributed by atoms with E-state index in [0.717, 1.165) is 30.7 Å². The van der Waals surface area contributed by atoms with Crippen molar-refractivity contribution in [2.24, 2.45) is 0 Å². The van der Waals surface area contributed by atoms with E-state index in [1.807, 2.05) is 17.3 Å². The number of rotatable bonds is 12. The van der Waals surface area contributed by atoms with E-state index in [2.05, 4.69) is 27.4 Å². The molecule has 3 heterocycles. The van der Waals surface area contributed by atoms with Crippen molar-refractivity contribution in [3.8, 4) is 0 Å². The number of anilines is 3. The van der Waals surface area contributed by atoms with Crippen LogP contribution >= 0.6 is 46.1 Å². The molecule has 1 aliphatic rings. The largest absolute Gasteiger partial charge is 0.378 e. The third kappa shape index (κ3) is 8.43. The summed E-state index contributed by atoms with van der Waals surface area (Å²) in [6, 6.07) is 6.45. The molecule has 2 aromatic heterocycles. The Balaban J connectivity index is 1.59. The highest BCUT2D eigenvalue weighted by atomic mass is 35.5. The van der Waals surface area contributed by atoms with E-state index in [-0.39, 0.29) is 5.56 Å². The topological polar surface area (TPSA) is 111 Å². The Labute approximate surface area is 264 Å². The van der Waals surface area contributed by atoms with E-state index >= 15 is 0 Å². The summed E-state index contributed by atoms with van der Waals surface area (Å²) in [4.78, 5) is 35.7. The van der Waals surface area contributed by atoms with Crippen molar-refractivity contribution in [3.63, 3.8) is 0 Å². The molecular weight excluding hydrogens is 619 g/mol. The van der Waals surface area contributed by atoms with Gasteiger partial charge in [-0.25, -0.2) is 4.98 Å². The number of nitrogens with one attached hydrogen (secondary N) is 3. The number of nitrogens with zero attached hydrogens (tertiary/aromatic N) is 3. The van der Waals surface area contributed by atoms with Crippen molar-refractivity contribution in [3.05, 3.63) is 66.9 Å². The summed E-state index contributed by atoms with van der Waals surface area (Å²) in [5.41, 5.74) is 2.65. The number of hydrogen-bond acceptors (Lipinski definition) is 8. The molecule has 0 unspecified atom stereocenters. The van der Waals surface area contributed by atoms with Crippen LogP contribution < -0.4 is 15.5 Å². The minimum absolute atomic E-state index is 0.177. The lowest BCUT2D eigenvalue weighted by Crippen LogP contribution is -2.37. The number of carbonyl (C=O) groups excluding carboxylic acids is 2. The monoisotopic (exact) mass is 650 g/mol. The highest BCUT2D eigenvalue weighted by Crippen LogP contribution is 2.36. The van der Waals surface area contributed by atoms with E-state index in [1.165, 1.54) is 23.6 Å². The summed E-state index contributed by atoms with van der Waals surface area (Å²) in [7, 11) is 1.97. The lowest BCUT2D eigenvalue weighted by Gasteiger charge is -2.31. The van der Waals surface area contributed by atoms with Gasteiger partial charge in [-0.3, -0.25) is 9.59 Å². The second-order valence-electron chi connectivity index (χ2n) is 9.96. The number of ether oxygens (including phenoxy) is 1. The predicted octanol–water partition coefficient (Wildman–Crippen LogP) is 7.09. The van der Waals surface area contributed by atoms with Gasteiger partial charge in [0.25, 0.3) is 11.8 Å². The van der Waals surface area contributed by atoms with Crippen LogP contribution in [-0.4, -0.2) is 67.3 Å². The Morgan fingerprint density at radius 1 is 1.10 bits per heavy atom. The van der Waals surface area contributed by atoms with Gasteiger partial charge >= 0.3 is 0 Å². The second-order valence-corrected chi connectivity index (χ2v) is 12.1. The molecule has 1 aliphatic heterocycles. The maximum absolute atomic E-state index is 13.6. The maximum Gasteiger partial charge on any atom is 0.267 e. The molecule has 4 rings (SSSR count). The molecule has 0 saturated carbocycles. The maximum atomic E-state index is 13.6. The van der Waals surface area contributed by atoms with E-state index in [1.54, 1.807) is 18.2 Å². The molecule has 3 N–H and O–H groups in total. The Bertz CT molecular complexity index is 1430. The molecule has 0 aliphatic carbocycles. The van der Waals surface area contributed by atoms with E-state index in [0.29, 0.717) is 76.4 Å². The van der Waals surface area contributed by atoms with Gasteiger partial charge in [0.15, 0.2) is 0 Å². The van der Waals surface area contributed by atoms with Crippen LogP contribution in [0, 0.1) is 5.41 Å². The molecule has 2 amide bonds. The predicted molar refractivity (Wildman–Crippen MR) is 173 cm³/mol. The summed E-state index contributed by atoms with van der Waals surface area (Å²) in [5, 5.41) is 16.8. The molecule has 0 radical (unpaired) electrons. The first-order chi connectivity index (χ1) is 20.2. The SMILES string of the molecule is CCCC(=N)CCN(C)Cc1csc(C(=O)Nc2c(C(=O)Nc3ccc(Cl)cn3)cc(Cl)cc2N2CCOCC2)c1Cl. The zero-order valence-corrected chi connectivity index (χ0v) is 26.5. The van der Waals surface area contributed by atoms with Gasteiger partial charge in [-0.05, 0) is 55.1 Å². The Morgan fingerprint density at radius 2 is 1.86 bits per heavy atom. The first-order valence-corrected chi connectivity index (χ1v) is 15.6. The summed E-state index contributed by atoms with van der Waals surface area (Å²) in [6.45, 7) is 5.47. The minimum atomic E-state index is -0.495. The van der Waals surface area contributed by atoms with Gasteiger partial charge in [0.2, 0.25) is 0 Å². The summed E-state index contributed by atoms with van der Waals surface area (Å²) < 4.78 is 5.51. The van der Waals surface area contributed by atoms with Gasteiger partial charge in [-0.1, -0.05) is 48.1 Å². The number of aromatic nitrogens is 1. The van der Waals surface area contributed by atoms with Gasteiger partial charge in [0, 0.05) is 43.1 Å². The molecule has 0 bridgehead atoms. The van der Waals surface area contributed by atoms with Crippen LogP contribution in [0.15, 0.2) is 35.8 Å². The number of carbonyl (C=O) groups is 2. The Kier molecular flexibility index (Phi) is 11.6. The molecular formula is C29H33Cl3N6O3S. The first-order valence-electron chi connectivity index (χ1n) is 13.6. The van der Waals surface area contributed by atoms with Gasteiger partial charge in [0.1, 0.15) is 10.7 Å². The zero-order chi connectivity index (χ0) is 30.2. The molecule has 13 heteroatoms. The summed E-state index contributed by atoms with van der Waals surface area (Å²) >= 11 is 20.4. The first kappa shape index (κ1) is 32.2. The number of benzene rings is 1. The van der Waals surface area contributed by atoms with Crippen LogP contribution in [0.1, 0.15) is 51.8 Å². The zero-order valence-electron chi connectivity index (χ0n) is 23.4. The fraction of sp³-hybridized carbons (Fsp3) is 0.379. The molecule has 9 nitrogen and oxygen atoms in total. The van der Waals surface area contributed by atoms with Crippen molar-refractivity contribution in [2.75, 3.05) is 55.4 Å². The second kappa shape index (κ2) is 15.1. The lowest BCUT2D eigenvalue weighted by atomic mass is 10.1. The van der Waals surface area contributed by atoms with Crippen LogP contribution in [0.3, 0.4) is 0 Å². The van der Waals surface area contributed by atoms with Gasteiger partial charge in [0.05, 0.1) is 40.2 Å². The number of pyridine rings is 1. The van der Waals surface area contributed by atoms with Gasteiger partial charge in [-0.2, -0.15) is 0 Å². The average Bonchev–Trinajstić information content (AvgIpc) is 3.33. The summed E-state index contributed by atoms with van der Waals surface area (Å²) in [6.07, 6.45) is 3.88. The van der Waals surface area contributed by atoms with Crippen LogP contribution in [0.25, 0.3) is 0 Å². The smallest absolute Gasteiger partial charge is 0.267 e. The van der Waals surface area contributed by atoms with E-state index in [9.17, 15) is 9.59 Å². The van der Waals surface area contributed by atoms with Crippen molar-refractivity contribution in [1.82, 2.24) is 9.88 Å². The molecule has 0 spiro atoms. The molecule has 3 aromatic rings. The van der Waals surface area contributed by atoms with Crippen LogP contribution in [0.4, 0.5) is 17.2 Å². The van der Waals surface area contributed by atoms with Crippen LogP contribution in [0.2, 0.25) is 15.1 Å². The normalized spacial score (nSPS) is 13.3. The quantitative estimate of drug-likeness (QED) is 0.181. The van der Waals surface area contributed by atoms with Gasteiger partial charge in [-0.15, -0.1) is 11.3 Å². The van der Waals surface area contributed by atoms with Gasteiger partial charge < -0.3 is 30.6 Å². The van der Waals surface area contributed by atoms with Crippen LogP contribution in [-0.2, 0) is 11.3 Å². The van der Waals surface area contributed by atoms with Crippen molar-refractivity contribution >= 4 is 80.9 Å². The Morgan fingerprint density at radius 3 is 2.55 bits per heavy atom. The number of thiophene rings is 1.